The van der Waals surface area contributed by atoms with Gasteiger partial charge in [0.25, 0.3) is 0 Å². The van der Waals surface area contributed by atoms with Crippen LogP contribution in [0.25, 0.3) is 6.08 Å². The fourth-order valence-electron chi connectivity index (χ4n) is 0.708. The summed E-state index contributed by atoms with van der Waals surface area (Å²) in [5.41, 5.74) is 3.57. The molecule has 3 N–H and O–H groups in total. The van der Waals surface area contributed by atoms with Gasteiger partial charge in [-0.2, -0.15) is 0 Å². The molecule has 0 aliphatic rings. The van der Waals surface area contributed by atoms with E-state index in [2.05, 4.69) is 5.43 Å². The summed E-state index contributed by atoms with van der Waals surface area (Å²) in [6.07, 6.45) is 3.59. The smallest absolute Gasteiger partial charge is 0.0129 e. The lowest BCUT2D eigenvalue weighted by Gasteiger charge is -1.89. The third kappa shape index (κ3) is 1.91. The Labute approximate surface area is 60.3 Å². The maximum atomic E-state index is 5.04. The lowest BCUT2D eigenvalue weighted by atomic mass is 10.2. The van der Waals surface area contributed by atoms with E-state index in [1.165, 1.54) is 0 Å². The van der Waals surface area contributed by atoms with E-state index in [9.17, 15) is 0 Å². The molecule has 1 aromatic carbocycles. The van der Waals surface area contributed by atoms with Gasteiger partial charge in [-0.05, 0) is 11.6 Å². The molecule has 2 nitrogen and oxygen atoms in total. The predicted octanol–water partition coefficient (Wildman–Crippen LogP) is 1.12. The molecule has 0 heterocycles. The predicted molar refractivity (Wildman–Crippen MR) is 42.8 cm³/mol. The summed E-state index contributed by atoms with van der Waals surface area (Å²) in [6.45, 7) is 0. The van der Waals surface area contributed by atoms with Crippen LogP contribution in [0.1, 0.15) is 5.56 Å². The van der Waals surface area contributed by atoms with Crippen LogP contribution in [0.4, 0.5) is 0 Å². The highest BCUT2D eigenvalue weighted by molar-refractivity contribution is 5.47. The molecule has 10 heavy (non-hydrogen) atoms. The van der Waals surface area contributed by atoms with Gasteiger partial charge >= 0.3 is 0 Å². The number of nitrogens with two attached hydrogens (primary N) is 1. The first-order valence-electron chi connectivity index (χ1n) is 3.11. The second-order valence-electron chi connectivity index (χ2n) is 1.91. The number of benzene rings is 1. The van der Waals surface area contributed by atoms with Gasteiger partial charge in [0.05, 0.1) is 0 Å². The van der Waals surface area contributed by atoms with E-state index in [4.69, 9.17) is 5.84 Å². The van der Waals surface area contributed by atoms with Crippen molar-refractivity contribution in [1.82, 2.24) is 5.43 Å². The van der Waals surface area contributed by atoms with Gasteiger partial charge in [0.1, 0.15) is 0 Å². The number of hydrogen-bond donors (Lipinski definition) is 2. The Morgan fingerprint density at radius 3 is 2.50 bits per heavy atom. The summed E-state index contributed by atoms with van der Waals surface area (Å²) in [5.74, 6) is 5.04. The molecular weight excluding hydrogens is 124 g/mol. The molecule has 0 amide bonds. The highest BCUT2D eigenvalue weighted by atomic mass is 15.2. The molecule has 2 heteroatoms. The van der Waals surface area contributed by atoms with Crippen LogP contribution in [0.15, 0.2) is 36.5 Å². The van der Waals surface area contributed by atoms with Crippen LogP contribution < -0.4 is 11.3 Å². The van der Waals surface area contributed by atoms with E-state index in [-0.39, 0.29) is 0 Å². The molecule has 1 rings (SSSR count). The SMILES string of the molecule is NNC=Cc1ccccc1. The van der Waals surface area contributed by atoms with Crippen LogP contribution in [0.5, 0.6) is 0 Å². The van der Waals surface area contributed by atoms with Crippen molar-refractivity contribution in [2.24, 2.45) is 5.84 Å². The summed E-state index contributed by atoms with van der Waals surface area (Å²) in [7, 11) is 0. The molecule has 1 aromatic rings. The number of hydrazine groups is 1. The van der Waals surface area contributed by atoms with Crippen molar-refractivity contribution in [2.75, 3.05) is 0 Å². The van der Waals surface area contributed by atoms with Gasteiger partial charge in [-0.25, -0.2) is 0 Å². The maximum absolute atomic E-state index is 5.04. The summed E-state index contributed by atoms with van der Waals surface area (Å²) >= 11 is 0. The topological polar surface area (TPSA) is 38.0 Å². The van der Waals surface area contributed by atoms with Crippen molar-refractivity contribution >= 4 is 6.08 Å². The molecule has 0 saturated heterocycles. The molecule has 0 spiro atoms. The standard InChI is InChI=1S/C8H10N2/c9-10-7-6-8-4-2-1-3-5-8/h1-7,10H,9H2. The first-order chi connectivity index (χ1) is 4.93. The second kappa shape index (κ2) is 3.69. The quantitative estimate of drug-likeness (QED) is 0.470. The van der Waals surface area contributed by atoms with Gasteiger partial charge in [-0.15, -0.1) is 0 Å². The summed E-state index contributed by atoms with van der Waals surface area (Å²) in [4.78, 5) is 0. The maximum Gasteiger partial charge on any atom is 0.0129 e. The van der Waals surface area contributed by atoms with Gasteiger partial charge in [0, 0.05) is 6.20 Å². The number of rotatable bonds is 2. The van der Waals surface area contributed by atoms with E-state index in [0.29, 0.717) is 0 Å². The van der Waals surface area contributed by atoms with Crippen LogP contribution in [-0.2, 0) is 0 Å². The van der Waals surface area contributed by atoms with Crippen molar-refractivity contribution in [3.63, 3.8) is 0 Å². The highest BCUT2D eigenvalue weighted by Crippen LogP contribution is 1.98. The average molecular weight is 134 g/mol. The Morgan fingerprint density at radius 1 is 1.20 bits per heavy atom. The minimum atomic E-state index is 1.14. The van der Waals surface area contributed by atoms with Crippen LogP contribution in [-0.4, -0.2) is 0 Å². The molecular formula is C8H10N2. The average Bonchev–Trinajstić information content (AvgIpc) is 2.03. The third-order valence-electron chi connectivity index (χ3n) is 1.17. The molecule has 0 aliphatic carbocycles. The zero-order valence-corrected chi connectivity index (χ0v) is 5.62. The zero-order valence-electron chi connectivity index (χ0n) is 5.62. The number of nitrogens with one attached hydrogen (secondary N) is 1. The Kier molecular flexibility index (Phi) is 2.52. The first kappa shape index (κ1) is 6.83. The minimum Gasteiger partial charge on any atom is -0.331 e. The molecule has 0 atom stereocenters. The van der Waals surface area contributed by atoms with Crippen molar-refractivity contribution in [2.45, 2.75) is 0 Å². The normalized spacial score (nSPS) is 10.1. The van der Waals surface area contributed by atoms with E-state index in [1.54, 1.807) is 6.20 Å². The van der Waals surface area contributed by atoms with Gasteiger partial charge in [0.15, 0.2) is 0 Å². The third-order valence-corrected chi connectivity index (χ3v) is 1.17. The van der Waals surface area contributed by atoms with E-state index in [1.807, 2.05) is 36.4 Å². The van der Waals surface area contributed by atoms with Gasteiger partial charge < -0.3 is 5.43 Å². The van der Waals surface area contributed by atoms with Gasteiger partial charge in [0.2, 0.25) is 0 Å². The molecule has 0 unspecified atom stereocenters. The van der Waals surface area contributed by atoms with Crippen molar-refractivity contribution in [1.29, 1.82) is 0 Å². The van der Waals surface area contributed by atoms with E-state index in [0.717, 1.165) is 5.56 Å². The Balaban J connectivity index is 2.67. The van der Waals surface area contributed by atoms with Crippen LogP contribution in [0.2, 0.25) is 0 Å². The summed E-state index contributed by atoms with van der Waals surface area (Å²) in [6, 6.07) is 9.96. The van der Waals surface area contributed by atoms with Crippen LogP contribution in [0, 0.1) is 0 Å². The Hall–Kier alpha value is -1.28. The summed E-state index contributed by atoms with van der Waals surface area (Å²) < 4.78 is 0. The lowest BCUT2D eigenvalue weighted by Crippen LogP contribution is -2.12. The van der Waals surface area contributed by atoms with Crippen molar-refractivity contribution in [3.05, 3.63) is 42.1 Å². The molecule has 0 aromatic heterocycles. The molecule has 0 aliphatic heterocycles. The lowest BCUT2D eigenvalue weighted by molar-refractivity contribution is 0.974. The molecule has 0 bridgehead atoms. The molecule has 52 valence electrons. The van der Waals surface area contributed by atoms with Gasteiger partial charge in [-0.3, -0.25) is 5.84 Å². The second-order valence-corrected chi connectivity index (χ2v) is 1.91. The monoisotopic (exact) mass is 134 g/mol. The molecule has 0 saturated carbocycles. The number of hydrogen-bond acceptors (Lipinski definition) is 2. The fourth-order valence-corrected chi connectivity index (χ4v) is 0.708. The fraction of sp³-hybridized carbons (Fsp3) is 0. The molecule has 0 radical (unpaired) electrons. The molecule has 0 fully saturated rings. The van der Waals surface area contributed by atoms with E-state index < -0.39 is 0 Å². The van der Waals surface area contributed by atoms with Crippen molar-refractivity contribution in [3.8, 4) is 0 Å². The van der Waals surface area contributed by atoms with Gasteiger partial charge in [-0.1, -0.05) is 30.3 Å². The highest BCUT2D eigenvalue weighted by Gasteiger charge is 1.78. The Bertz CT molecular complexity index is 204. The minimum absolute atomic E-state index is 1.14. The van der Waals surface area contributed by atoms with Crippen LogP contribution in [0.3, 0.4) is 0 Å². The van der Waals surface area contributed by atoms with Crippen molar-refractivity contribution < 1.29 is 0 Å². The largest absolute Gasteiger partial charge is 0.331 e. The van der Waals surface area contributed by atoms with E-state index >= 15 is 0 Å². The Morgan fingerprint density at radius 2 is 1.90 bits per heavy atom. The first-order valence-corrected chi connectivity index (χ1v) is 3.11. The summed E-state index contributed by atoms with van der Waals surface area (Å²) in [5, 5.41) is 0. The van der Waals surface area contributed by atoms with Crippen LogP contribution >= 0.6 is 0 Å². The zero-order chi connectivity index (χ0) is 7.23.